The van der Waals surface area contributed by atoms with Gasteiger partial charge in [-0.1, -0.05) is 11.6 Å². The lowest BCUT2D eigenvalue weighted by Crippen LogP contribution is -2.35. The van der Waals surface area contributed by atoms with Crippen LogP contribution in [-0.4, -0.2) is 28.9 Å². The number of carbonyl (C=O) groups is 1. The first-order valence-corrected chi connectivity index (χ1v) is 5.19. The van der Waals surface area contributed by atoms with E-state index in [-0.39, 0.29) is 11.9 Å². The van der Waals surface area contributed by atoms with E-state index in [1.54, 1.807) is 19.2 Å². The molecule has 0 radical (unpaired) electrons. The Hall–Kier alpha value is -1.60. The van der Waals surface area contributed by atoms with Crippen molar-refractivity contribution in [3.05, 3.63) is 29.0 Å². The third-order valence-corrected chi connectivity index (χ3v) is 2.54. The molecule has 0 spiro atoms. The second-order valence-corrected chi connectivity index (χ2v) is 3.93. The number of amides is 1. The van der Waals surface area contributed by atoms with E-state index < -0.39 is 0 Å². The van der Waals surface area contributed by atoms with E-state index in [9.17, 15) is 4.79 Å². The van der Waals surface area contributed by atoms with Crippen LogP contribution in [0.3, 0.4) is 0 Å². The Balaban J connectivity index is 2.78. The van der Waals surface area contributed by atoms with Gasteiger partial charge in [-0.05, 0) is 19.1 Å². The number of pyridine rings is 1. The Morgan fingerprint density at radius 1 is 1.69 bits per heavy atom. The fourth-order valence-corrected chi connectivity index (χ4v) is 1.26. The summed E-state index contributed by atoms with van der Waals surface area (Å²) in [5, 5.41) is 9.04. The topological polar surface area (TPSA) is 57.0 Å². The summed E-state index contributed by atoms with van der Waals surface area (Å²) in [5.41, 5.74) is 0.330. The Morgan fingerprint density at radius 2 is 2.38 bits per heavy atom. The molecule has 16 heavy (non-hydrogen) atoms. The highest BCUT2D eigenvalue weighted by atomic mass is 35.5. The van der Waals surface area contributed by atoms with Gasteiger partial charge in [0.1, 0.15) is 5.69 Å². The van der Waals surface area contributed by atoms with Gasteiger partial charge in [0.2, 0.25) is 0 Å². The van der Waals surface area contributed by atoms with Crippen LogP contribution < -0.4 is 0 Å². The number of hydrogen-bond donors (Lipinski definition) is 0. The fraction of sp³-hybridized carbons (Fsp3) is 0.364. The van der Waals surface area contributed by atoms with Crippen LogP contribution in [0.15, 0.2) is 18.3 Å². The maximum atomic E-state index is 11.9. The van der Waals surface area contributed by atoms with Crippen LogP contribution in [0, 0.1) is 11.3 Å². The third-order valence-electron chi connectivity index (χ3n) is 2.31. The predicted molar refractivity (Wildman–Crippen MR) is 61.0 cm³/mol. The van der Waals surface area contributed by atoms with E-state index in [4.69, 9.17) is 16.9 Å². The summed E-state index contributed by atoms with van der Waals surface area (Å²) in [6.45, 7) is 1.82. The highest BCUT2D eigenvalue weighted by molar-refractivity contribution is 6.30. The Kier molecular flexibility index (Phi) is 4.27. The number of nitriles is 1. The van der Waals surface area contributed by atoms with Gasteiger partial charge >= 0.3 is 0 Å². The fourth-order valence-electron chi connectivity index (χ4n) is 1.15. The van der Waals surface area contributed by atoms with Crippen LogP contribution in [0.1, 0.15) is 23.8 Å². The summed E-state index contributed by atoms with van der Waals surface area (Å²) >= 11 is 5.68. The molecule has 1 atom stereocenters. The van der Waals surface area contributed by atoms with Crippen LogP contribution in [0.4, 0.5) is 0 Å². The van der Waals surface area contributed by atoms with Crippen molar-refractivity contribution in [2.75, 3.05) is 7.05 Å². The van der Waals surface area contributed by atoms with Crippen LogP contribution in [0.2, 0.25) is 5.02 Å². The minimum atomic E-state index is -0.209. The molecule has 1 aromatic rings. The second kappa shape index (κ2) is 5.47. The van der Waals surface area contributed by atoms with E-state index in [0.717, 1.165) is 0 Å². The zero-order valence-corrected chi connectivity index (χ0v) is 9.90. The summed E-state index contributed by atoms with van der Waals surface area (Å²) in [6, 6.07) is 5.08. The van der Waals surface area contributed by atoms with Crippen molar-refractivity contribution < 1.29 is 4.79 Å². The lowest BCUT2D eigenvalue weighted by Gasteiger charge is -2.22. The summed E-state index contributed by atoms with van der Waals surface area (Å²) in [5.74, 6) is -0.209. The minimum absolute atomic E-state index is 0.130. The number of rotatable bonds is 3. The smallest absolute Gasteiger partial charge is 0.272 e. The van der Waals surface area contributed by atoms with Gasteiger partial charge in [0.25, 0.3) is 5.91 Å². The molecule has 1 amide bonds. The van der Waals surface area contributed by atoms with E-state index in [1.807, 2.05) is 13.0 Å². The summed E-state index contributed by atoms with van der Waals surface area (Å²) in [7, 11) is 1.65. The highest BCUT2D eigenvalue weighted by Gasteiger charge is 2.17. The summed E-state index contributed by atoms with van der Waals surface area (Å²) < 4.78 is 0. The van der Waals surface area contributed by atoms with Gasteiger partial charge < -0.3 is 4.90 Å². The molecule has 0 bridgehead atoms. The van der Waals surface area contributed by atoms with Crippen LogP contribution in [-0.2, 0) is 0 Å². The normalized spacial score (nSPS) is 11.6. The molecular formula is C11H12ClN3O. The third kappa shape index (κ3) is 2.94. The Bertz CT molecular complexity index is 410. The molecule has 0 saturated carbocycles. The van der Waals surface area contributed by atoms with Gasteiger partial charge in [-0.2, -0.15) is 5.26 Å². The first-order valence-electron chi connectivity index (χ1n) is 4.82. The largest absolute Gasteiger partial charge is 0.337 e. The van der Waals surface area contributed by atoms with Crippen molar-refractivity contribution in [1.82, 2.24) is 9.88 Å². The molecule has 1 heterocycles. The molecule has 4 nitrogen and oxygen atoms in total. The molecular weight excluding hydrogens is 226 g/mol. The van der Waals surface area contributed by atoms with E-state index >= 15 is 0 Å². The molecule has 0 aromatic carbocycles. The maximum absolute atomic E-state index is 11.9. The van der Waals surface area contributed by atoms with Gasteiger partial charge in [0.05, 0.1) is 17.5 Å². The van der Waals surface area contributed by atoms with Crippen molar-refractivity contribution in [3.63, 3.8) is 0 Å². The number of carbonyl (C=O) groups excluding carboxylic acids is 1. The van der Waals surface area contributed by atoms with E-state index in [1.165, 1.54) is 11.1 Å². The van der Waals surface area contributed by atoms with Crippen LogP contribution >= 0.6 is 11.6 Å². The average molecular weight is 238 g/mol. The van der Waals surface area contributed by atoms with Gasteiger partial charge in [-0.3, -0.25) is 4.79 Å². The molecule has 0 aliphatic carbocycles. The average Bonchev–Trinajstić information content (AvgIpc) is 2.28. The molecule has 1 unspecified atom stereocenters. The zero-order valence-electron chi connectivity index (χ0n) is 9.14. The first-order chi connectivity index (χ1) is 7.56. The SMILES string of the molecule is CC(CC#N)N(C)C(=O)c1ccc(Cl)cn1. The summed E-state index contributed by atoms with van der Waals surface area (Å²) in [6.07, 6.45) is 1.73. The van der Waals surface area contributed by atoms with Crippen molar-refractivity contribution in [1.29, 1.82) is 5.26 Å². The highest BCUT2D eigenvalue weighted by Crippen LogP contribution is 2.10. The first kappa shape index (κ1) is 12.5. The van der Waals surface area contributed by atoms with Crippen molar-refractivity contribution in [2.45, 2.75) is 19.4 Å². The molecule has 0 N–H and O–H groups in total. The van der Waals surface area contributed by atoms with Crippen molar-refractivity contribution in [3.8, 4) is 6.07 Å². The maximum Gasteiger partial charge on any atom is 0.272 e. The molecule has 5 heteroatoms. The standard InChI is InChI=1S/C11H12ClN3O/c1-8(5-6-13)15(2)11(16)10-4-3-9(12)7-14-10/h3-4,7-8H,5H2,1-2H3. The van der Waals surface area contributed by atoms with Gasteiger partial charge in [-0.25, -0.2) is 4.98 Å². The van der Waals surface area contributed by atoms with Gasteiger partial charge in [0, 0.05) is 19.3 Å². The molecule has 0 fully saturated rings. The quantitative estimate of drug-likeness (QED) is 0.809. The molecule has 1 rings (SSSR count). The van der Waals surface area contributed by atoms with Crippen LogP contribution in [0.5, 0.6) is 0 Å². The lowest BCUT2D eigenvalue weighted by molar-refractivity contribution is 0.0740. The second-order valence-electron chi connectivity index (χ2n) is 3.49. The van der Waals surface area contributed by atoms with Gasteiger partial charge in [0.15, 0.2) is 0 Å². The molecule has 84 valence electrons. The van der Waals surface area contributed by atoms with Crippen LogP contribution in [0.25, 0.3) is 0 Å². The van der Waals surface area contributed by atoms with Gasteiger partial charge in [-0.15, -0.1) is 0 Å². The number of halogens is 1. The Morgan fingerprint density at radius 3 is 2.88 bits per heavy atom. The predicted octanol–water partition coefficient (Wildman–Crippen LogP) is 2.11. The number of hydrogen-bond acceptors (Lipinski definition) is 3. The Labute approximate surface area is 99.5 Å². The minimum Gasteiger partial charge on any atom is -0.337 e. The molecule has 0 aliphatic heterocycles. The number of aromatic nitrogens is 1. The van der Waals surface area contributed by atoms with E-state index in [2.05, 4.69) is 4.98 Å². The monoisotopic (exact) mass is 237 g/mol. The molecule has 0 saturated heterocycles. The number of nitrogens with zero attached hydrogens (tertiary/aromatic N) is 3. The van der Waals surface area contributed by atoms with Crippen molar-refractivity contribution >= 4 is 17.5 Å². The summed E-state index contributed by atoms with van der Waals surface area (Å²) in [4.78, 5) is 17.3. The van der Waals surface area contributed by atoms with E-state index in [0.29, 0.717) is 17.1 Å². The zero-order chi connectivity index (χ0) is 12.1. The molecule has 0 aliphatic rings. The lowest BCUT2D eigenvalue weighted by atomic mass is 10.2. The van der Waals surface area contributed by atoms with Crippen molar-refractivity contribution in [2.24, 2.45) is 0 Å². The molecule has 1 aromatic heterocycles.